The second kappa shape index (κ2) is 9.18. The smallest absolute Gasteiger partial charge is 0.385 e. The zero-order chi connectivity index (χ0) is 21.8. The van der Waals surface area contributed by atoms with Crippen LogP contribution in [0.15, 0.2) is 49.2 Å². The van der Waals surface area contributed by atoms with E-state index in [1.165, 1.54) is 12.3 Å². The van der Waals surface area contributed by atoms with Crippen LogP contribution in [-0.2, 0) is 11.8 Å². The van der Waals surface area contributed by atoms with E-state index in [1.807, 2.05) is 42.3 Å². The molecule has 162 valence electrons. The third kappa shape index (κ3) is 5.40. The third-order valence-corrected chi connectivity index (χ3v) is 5.77. The van der Waals surface area contributed by atoms with Crippen molar-refractivity contribution in [1.29, 1.82) is 0 Å². The van der Waals surface area contributed by atoms with Gasteiger partial charge in [0, 0.05) is 26.2 Å². The van der Waals surface area contributed by atoms with Crippen molar-refractivity contribution in [2.75, 3.05) is 38.1 Å². The molecule has 0 spiro atoms. The molecule has 2 heterocycles. The van der Waals surface area contributed by atoms with Crippen molar-refractivity contribution < 1.29 is 18.3 Å². The molecule has 1 N–H and O–H groups in total. The average molecular weight is 419 g/mol. The predicted octanol–water partition coefficient (Wildman–Crippen LogP) is 4.55. The molecule has 0 radical (unpaired) electrons. The molecule has 1 aromatic carbocycles. The fourth-order valence-electron chi connectivity index (χ4n) is 3.54. The molecule has 2 aromatic rings. The minimum absolute atomic E-state index is 0.528. The van der Waals surface area contributed by atoms with E-state index in [0.29, 0.717) is 0 Å². The minimum Gasteiger partial charge on any atom is -0.385 e. The van der Waals surface area contributed by atoms with Crippen LogP contribution in [0.25, 0.3) is 6.08 Å². The van der Waals surface area contributed by atoms with Crippen molar-refractivity contribution in [1.82, 2.24) is 9.88 Å². The highest BCUT2D eigenvalue weighted by Crippen LogP contribution is 2.40. The highest BCUT2D eigenvalue weighted by atomic mass is 19.4. The van der Waals surface area contributed by atoms with Crippen LogP contribution in [0.4, 0.5) is 18.9 Å². The fraction of sp³-hybridized carbons (Fsp3) is 0.435. The Bertz CT molecular complexity index is 822. The molecule has 1 aliphatic carbocycles. The first-order valence-corrected chi connectivity index (χ1v) is 10.1. The van der Waals surface area contributed by atoms with E-state index in [9.17, 15) is 18.3 Å². The molecular weight excluding hydrogens is 391 g/mol. The summed E-state index contributed by atoms with van der Waals surface area (Å²) in [7, 11) is 2.03. The molecule has 1 saturated heterocycles. The lowest BCUT2D eigenvalue weighted by molar-refractivity contribution is -0.141. The van der Waals surface area contributed by atoms with Crippen LogP contribution in [-0.4, -0.2) is 48.2 Å². The van der Waals surface area contributed by atoms with E-state index in [4.69, 9.17) is 0 Å². The van der Waals surface area contributed by atoms with Crippen molar-refractivity contribution in [2.24, 2.45) is 0 Å². The minimum atomic E-state index is -4.36. The zero-order valence-electron chi connectivity index (χ0n) is 17.2. The fourth-order valence-corrected chi connectivity index (χ4v) is 3.54. The second-order valence-corrected chi connectivity index (χ2v) is 7.90. The predicted molar refractivity (Wildman–Crippen MR) is 113 cm³/mol. The molecule has 30 heavy (non-hydrogen) atoms. The monoisotopic (exact) mass is 419 g/mol. The quantitative estimate of drug-likeness (QED) is 0.792. The van der Waals surface area contributed by atoms with Crippen molar-refractivity contribution in [3.63, 3.8) is 0 Å². The summed E-state index contributed by atoms with van der Waals surface area (Å²) in [6.07, 6.45) is 1.70. The van der Waals surface area contributed by atoms with Gasteiger partial charge < -0.3 is 14.9 Å². The van der Waals surface area contributed by atoms with Gasteiger partial charge in [-0.2, -0.15) is 13.2 Å². The molecule has 4 rings (SSSR count). The Morgan fingerprint density at radius 2 is 1.67 bits per heavy atom. The molecular formula is C23H28F3N3O. The number of aromatic nitrogens is 1. The second-order valence-electron chi connectivity index (χ2n) is 7.90. The molecule has 2 fully saturated rings. The van der Waals surface area contributed by atoms with Gasteiger partial charge in [0.2, 0.25) is 0 Å². The number of hydrogen-bond acceptors (Lipinski definition) is 4. The number of halogens is 3. The van der Waals surface area contributed by atoms with Gasteiger partial charge in [-0.05, 0) is 49.6 Å². The van der Waals surface area contributed by atoms with E-state index >= 15 is 0 Å². The maximum atomic E-state index is 12.3. The molecule has 2 aliphatic rings. The number of aliphatic hydroxyl groups is 1. The van der Waals surface area contributed by atoms with Gasteiger partial charge in [0.05, 0.1) is 17.5 Å². The van der Waals surface area contributed by atoms with Crippen LogP contribution in [0.1, 0.15) is 36.1 Å². The van der Waals surface area contributed by atoms with Gasteiger partial charge in [-0.15, -0.1) is 0 Å². The Kier molecular flexibility index (Phi) is 6.83. The molecule has 0 amide bonds. The Labute approximate surface area is 175 Å². The lowest BCUT2D eigenvalue weighted by Gasteiger charge is -2.37. The molecule has 1 aliphatic heterocycles. The van der Waals surface area contributed by atoms with Gasteiger partial charge in [0.1, 0.15) is 5.69 Å². The Morgan fingerprint density at radius 1 is 1.03 bits per heavy atom. The summed E-state index contributed by atoms with van der Waals surface area (Å²) < 4.78 is 37.0. The summed E-state index contributed by atoms with van der Waals surface area (Å²) >= 11 is 0. The number of alkyl halides is 3. The van der Waals surface area contributed by atoms with Gasteiger partial charge >= 0.3 is 6.18 Å². The standard InChI is InChI=1S/C12H14O.C11H14F3N3/c1-2-10-4-6-11(7-5-10)12(13)8-3-9-12;1-16-4-6-17(7-5-16)9-2-3-10(15-8-9)11(12,13)14/h2,4-7,13H,1,3,8-9H2;2-3,8H,4-7H2,1H3. The van der Waals surface area contributed by atoms with Crippen molar-refractivity contribution in [3.8, 4) is 0 Å². The first kappa shape index (κ1) is 22.3. The summed E-state index contributed by atoms with van der Waals surface area (Å²) in [5.41, 5.74) is 1.54. The van der Waals surface area contributed by atoms with E-state index < -0.39 is 17.5 Å². The SMILES string of the molecule is C=Cc1ccc(C2(O)CCC2)cc1.CN1CCN(c2ccc(C(F)(F)F)nc2)CC1. The van der Waals surface area contributed by atoms with Crippen molar-refractivity contribution in [2.45, 2.75) is 31.0 Å². The van der Waals surface area contributed by atoms with Gasteiger partial charge in [-0.3, -0.25) is 0 Å². The zero-order valence-corrected chi connectivity index (χ0v) is 17.2. The van der Waals surface area contributed by atoms with Crippen molar-refractivity contribution >= 4 is 11.8 Å². The maximum Gasteiger partial charge on any atom is 0.433 e. The van der Waals surface area contributed by atoms with E-state index in [1.54, 1.807) is 0 Å². The lowest BCUT2D eigenvalue weighted by Crippen LogP contribution is -2.44. The van der Waals surface area contributed by atoms with E-state index in [-0.39, 0.29) is 0 Å². The molecule has 1 saturated carbocycles. The van der Waals surface area contributed by atoms with Crippen LogP contribution in [0.5, 0.6) is 0 Å². The summed E-state index contributed by atoms with van der Waals surface area (Å²) in [5, 5.41) is 10.0. The normalized spacial score (nSPS) is 18.8. The summed E-state index contributed by atoms with van der Waals surface area (Å²) in [6, 6.07) is 10.5. The molecule has 0 bridgehead atoms. The van der Waals surface area contributed by atoms with Crippen LogP contribution in [0, 0.1) is 0 Å². The third-order valence-electron chi connectivity index (χ3n) is 5.77. The Morgan fingerprint density at radius 3 is 2.10 bits per heavy atom. The van der Waals surface area contributed by atoms with Crippen LogP contribution in [0.2, 0.25) is 0 Å². The van der Waals surface area contributed by atoms with Gasteiger partial charge in [0.25, 0.3) is 0 Å². The van der Waals surface area contributed by atoms with Gasteiger partial charge in [-0.1, -0.05) is 36.9 Å². The molecule has 1 aromatic heterocycles. The highest BCUT2D eigenvalue weighted by Gasteiger charge is 2.35. The lowest BCUT2D eigenvalue weighted by atomic mass is 9.75. The maximum absolute atomic E-state index is 12.3. The Hall–Kier alpha value is -2.38. The summed E-state index contributed by atoms with van der Waals surface area (Å²) in [6.45, 7) is 7.18. The largest absolute Gasteiger partial charge is 0.433 e. The number of likely N-dealkylation sites (N-methyl/N-ethyl adjacent to an activating group) is 1. The number of rotatable bonds is 3. The van der Waals surface area contributed by atoms with Crippen LogP contribution in [0.3, 0.4) is 0 Å². The number of piperazine rings is 1. The average Bonchev–Trinajstić information content (AvgIpc) is 2.73. The van der Waals surface area contributed by atoms with E-state index in [0.717, 1.165) is 68.3 Å². The first-order valence-electron chi connectivity index (χ1n) is 10.1. The van der Waals surface area contributed by atoms with Gasteiger partial charge in [0.15, 0.2) is 0 Å². The molecule has 7 heteroatoms. The summed E-state index contributed by atoms with van der Waals surface area (Å²) in [4.78, 5) is 7.70. The topological polar surface area (TPSA) is 39.6 Å². The number of nitrogens with zero attached hydrogens (tertiary/aromatic N) is 3. The Balaban J connectivity index is 0.000000177. The number of anilines is 1. The van der Waals surface area contributed by atoms with E-state index in [2.05, 4.69) is 16.5 Å². The molecule has 0 atom stereocenters. The van der Waals surface area contributed by atoms with Crippen LogP contribution >= 0.6 is 0 Å². The van der Waals surface area contributed by atoms with Crippen LogP contribution < -0.4 is 4.90 Å². The van der Waals surface area contributed by atoms with Gasteiger partial charge in [-0.25, -0.2) is 4.98 Å². The number of benzene rings is 1. The number of pyridine rings is 1. The van der Waals surface area contributed by atoms with Crippen molar-refractivity contribution in [3.05, 3.63) is 66.0 Å². The molecule has 0 unspecified atom stereocenters. The molecule has 4 nitrogen and oxygen atoms in total. The number of hydrogen-bond donors (Lipinski definition) is 1. The highest BCUT2D eigenvalue weighted by molar-refractivity contribution is 5.48. The summed E-state index contributed by atoms with van der Waals surface area (Å²) in [5.74, 6) is 0. The first-order chi connectivity index (χ1) is 14.2.